The molecule has 18 heavy (non-hydrogen) atoms. The zero-order chi connectivity index (χ0) is 12.9. The van der Waals surface area contributed by atoms with Gasteiger partial charge in [0.05, 0.1) is 0 Å². The molecule has 1 amide bonds. The monoisotopic (exact) mass is 248 g/mol. The van der Waals surface area contributed by atoms with Crippen LogP contribution in [0.15, 0.2) is 12.3 Å². The molecule has 5 heteroatoms. The minimum atomic E-state index is -0.0739. The van der Waals surface area contributed by atoms with Gasteiger partial charge in [-0.1, -0.05) is 0 Å². The van der Waals surface area contributed by atoms with E-state index in [1.807, 2.05) is 11.9 Å². The lowest BCUT2D eigenvalue weighted by Crippen LogP contribution is -2.48. The van der Waals surface area contributed by atoms with E-state index in [1.165, 1.54) is 0 Å². The Bertz CT molecular complexity index is 479. The highest BCUT2D eigenvalue weighted by Gasteiger charge is 2.51. The molecule has 1 aromatic heterocycles. The molecule has 5 nitrogen and oxygen atoms in total. The second-order valence-electron chi connectivity index (χ2n) is 5.93. The molecular weight excluding hydrogens is 228 g/mol. The van der Waals surface area contributed by atoms with Crippen molar-refractivity contribution in [3.05, 3.63) is 18.0 Å². The van der Waals surface area contributed by atoms with Gasteiger partial charge in [-0.15, -0.1) is 0 Å². The van der Waals surface area contributed by atoms with E-state index < -0.39 is 0 Å². The molecule has 0 spiro atoms. The van der Waals surface area contributed by atoms with Crippen molar-refractivity contribution in [1.29, 1.82) is 0 Å². The molecular formula is C13H20N4O. The molecule has 3 heterocycles. The number of fused-ring (bicyclic) bond motifs is 1. The second kappa shape index (κ2) is 3.82. The van der Waals surface area contributed by atoms with E-state index >= 15 is 0 Å². The Morgan fingerprint density at radius 2 is 2.28 bits per heavy atom. The van der Waals surface area contributed by atoms with Crippen LogP contribution in [0.2, 0.25) is 0 Å². The summed E-state index contributed by atoms with van der Waals surface area (Å²) in [5.74, 6) is 1.27. The fraction of sp³-hybridized carbons (Fsp3) is 0.692. The summed E-state index contributed by atoms with van der Waals surface area (Å²) >= 11 is 0. The van der Waals surface area contributed by atoms with Crippen LogP contribution >= 0.6 is 0 Å². The highest BCUT2D eigenvalue weighted by Crippen LogP contribution is 2.41. The van der Waals surface area contributed by atoms with Crippen molar-refractivity contribution < 1.29 is 4.79 Å². The second-order valence-corrected chi connectivity index (χ2v) is 5.93. The van der Waals surface area contributed by atoms with E-state index in [4.69, 9.17) is 0 Å². The summed E-state index contributed by atoms with van der Waals surface area (Å²) in [5.41, 5.74) is 0.603. The Balaban J connectivity index is 1.90. The van der Waals surface area contributed by atoms with Crippen LogP contribution in [0.1, 0.15) is 24.3 Å². The summed E-state index contributed by atoms with van der Waals surface area (Å²) in [6.45, 7) is 7.27. The highest BCUT2D eigenvalue weighted by atomic mass is 16.2. The summed E-state index contributed by atoms with van der Waals surface area (Å²) in [6, 6.07) is 1.80. The van der Waals surface area contributed by atoms with E-state index in [0.29, 0.717) is 17.5 Å². The molecule has 0 bridgehead atoms. The standard InChI is InChI=1S/C13H20N4O/c1-13(2)10-7-14-6-9(10)8-17(13)12(18)11-4-5-15-16(11)3/h4-5,9-10,14H,6-8H2,1-3H3. The number of aryl methyl sites for hydroxylation is 1. The SMILES string of the molecule is Cn1nccc1C(=O)N1CC2CNCC2C1(C)C. The Kier molecular flexibility index (Phi) is 2.48. The van der Waals surface area contributed by atoms with Gasteiger partial charge in [0.25, 0.3) is 5.91 Å². The summed E-state index contributed by atoms with van der Waals surface area (Å²) in [6.07, 6.45) is 1.68. The number of hydrogen-bond acceptors (Lipinski definition) is 3. The van der Waals surface area contributed by atoms with Gasteiger partial charge in [0.2, 0.25) is 0 Å². The van der Waals surface area contributed by atoms with Gasteiger partial charge in [-0.3, -0.25) is 9.48 Å². The molecule has 0 aromatic carbocycles. The minimum absolute atomic E-state index is 0.0739. The maximum absolute atomic E-state index is 12.6. The molecule has 2 aliphatic rings. The number of amides is 1. The quantitative estimate of drug-likeness (QED) is 0.787. The molecule has 1 aromatic rings. The van der Waals surface area contributed by atoms with Gasteiger partial charge in [-0.25, -0.2) is 0 Å². The van der Waals surface area contributed by atoms with E-state index in [-0.39, 0.29) is 11.4 Å². The number of rotatable bonds is 1. The highest BCUT2D eigenvalue weighted by molar-refractivity contribution is 5.93. The first kappa shape index (κ1) is 11.7. The smallest absolute Gasteiger partial charge is 0.272 e. The summed E-state index contributed by atoms with van der Waals surface area (Å²) < 4.78 is 1.66. The van der Waals surface area contributed by atoms with Gasteiger partial charge in [0.1, 0.15) is 5.69 Å². The van der Waals surface area contributed by atoms with Crippen molar-refractivity contribution in [2.45, 2.75) is 19.4 Å². The normalized spacial score (nSPS) is 29.6. The fourth-order valence-electron chi connectivity index (χ4n) is 3.49. The topological polar surface area (TPSA) is 50.2 Å². The van der Waals surface area contributed by atoms with E-state index in [2.05, 4.69) is 24.3 Å². The van der Waals surface area contributed by atoms with Gasteiger partial charge in [0.15, 0.2) is 0 Å². The molecule has 2 unspecified atom stereocenters. The molecule has 2 fully saturated rings. The maximum Gasteiger partial charge on any atom is 0.272 e. The largest absolute Gasteiger partial charge is 0.332 e. The molecule has 0 radical (unpaired) electrons. The molecule has 0 saturated carbocycles. The number of carbonyl (C=O) groups is 1. The predicted molar refractivity (Wildman–Crippen MR) is 68.2 cm³/mol. The maximum atomic E-state index is 12.6. The van der Waals surface area contributed by atoms with Crippen molar-refractivity contribution >= 4 is 5.91 Å². The fourth-order valence-corrected chi connectivity index (χ4v) is 3.49. The van der Waals surface area contributed by atoms with Gasteiger partial charge >= 0.3 is 0 Å². The first-order valence-corrected chi connectivity index (χ1v) is 6.52. The lowest BCUT2D eigenvalue weighted by atomic mass is 9.85. The number of aromatic nitrogens is 2. The van der Waals surface area contributed by atoms with Crippen LogP contribution < -0.4 is 5.32 Å². The van der Waals surface area contributed by atoms with Gasteiger partial charge < -0.3 is 10.2 Å². The molecule has 2 atom stereocenters. The Morgan fingerprint density at radius 1 is 1.50 bits per heavy atom. The summed E-state index contributed by atoms with van der Waals surface area (Å²) in [7, 11) is 1.82. The minimum Gasteiger partial charge on any atom is -0.332 e. The first-order chi connectivity index (χ1) is 8.51. The van der Waals surface area contributed by atoms with E-state index in [1.54, 1.807) is 16.9 Å². The lowest BCUT2D eigenvalue weighted by Gasteiger charge is -2.35. The zero-order valence-corrected chi connectivity index (χ0v) is 11.2. The summed E-state index contributed by atoms with van der Waals surface area (Å²) in [4.78, 5) is 14.6. The van der Waals surface area contributed by atoms with Crippen molar-refractivity contribution in [1.82, 2.24) is 20.0 Å². The Hall–Kier alpha value is -1.36. The van der Waals surface area contributed by atoms with Crippen LogP contribution in [0.25, 0.3) is 0 Å². The van der Waals surface area contributed by atoms with Crippen LogP contribution in [0, 0.1) is 11.8 Å². The van der Waals surface area contributed by atoms with Crippen molar-refractivity contribution in [3.8, 4) is 0 Å². The molecule has 2 saturated heterocycles. The summed E-state index contributed by atoms with van der Waals surface area (Å²) in [5, 5.41) is 7.52. The third kappa shape index (κ3) is 1.50. The zero-order valence-electron chi connectivity index (χ0n) is 11.2. The van der Waals surface area contributed by atoms with E-state index in [0.717, 1.165) is 19.6 Å². The van der Waals surface area contributed by atoms with Crippen LogP contribution in [0.5, 0.6) is 0 Å². The Morgan fingerprint density at radius 3 is 2.89 bits per heavy atom. The van der Waals surface area contributed by atoms with Gasteiger partial charge in [-0.05, 0) is 31.7 Å². The first-order valence-electron chi connectivity index (χ1n) is 6.52. The van der Waals surface area contributed by atoms with Crippen molar-refractivity contribution in [2.75, 3.05) is 19.6 Å². The third-order valence-electron chi connectivity index (χ3n) is 4.65. The van der Waals surface area contributed by atoms with Crippen LogP contribution in [0.3, 0.4) is 0 Å². The molecule has 98 valence electrons. The molecule has 2 aliphatic heterocycles. The molecule has 0 aliphatic carbocycles. The molecule has 1 N–H and O–H groups in total. The average Bonchev–Trinajstić information content (AvgIpc) is 2.96. The number of nitrogens with zero attached hydrogens (tertiary/aromatic N) is 3. The van der Waals surface area contributed by atoms with Gasteiger partial charge in [-0.2, -0.15) is 5.10 Å². The van der Waals surface area contributed by atoms with Crippen molar-refractivity contribution in [3.63, 3.8) is 0 Å². The number of nitrogens with one attached hydrogen (secondary N) is 1. The third-order valence-corrected chi connectivity index (χ3v) is 4.65. The van der Waals surface area contributed by atoms with Crippen LogP contribution in [0.4, 0.5) is 0 Å². The number of hydrogen-bond donors (Lipinski definition) is 1. The van der Waals surface area contributed by atoms with Gasteiger partial charge in [0, 0.05) is 38.4 Å². The predicted octanol–water partition coefficient (Wildman–Crippen LogP) is 0.490. The van der Waals surface area contributed by atoms with Crippen molar-refractivity contribution in [2.24, 2.45) is 18.9 Å². The van der Waals surface area contributed by atoms with Crippen LogP contribution in [-0.4, -0.2) is 45.8 Å². The number of carbonyl (C=O) groups excluding carboxylic acids is 1. The Labute approximate surface area is 107 Å². The number of likely N-dealkylation sites (tertiary alicyclic amines) is 1. The van der Waals surface area contributed by atoms with E-state index in [9.17, 15) is 4.79 Å². The molecule has 3 rings (SSSR count). The van der Waals surface area contributed by atoms with Crippen LogP contribution in [-0.2, 0) is 7.05 Å². The lowest BCUT2D eigenvalue weighted by molar-refractivity contribution is 0.0592. The average molecular weight is 248 g/mol.